The summed E-state index contributed by atoms with van der Waals surface area (Å²) in [5, 5.41) is 6.85. The first kappa shape index (κ1) is 12.4. The summed E-state index contributed by atoms with van der Waals surface area (Å²) in [5.74, 6) is 0. The first-order valence-electron chi connectivity index (χ1n) is 6.47. The third kappa shape index (κ3) is 2.85. The van der Waals surface area contributed by atoms with Crippen LogP contribution in [0.2, 0.25) is 0 Å². The molecule has 0 aliphatic carbocycles. The maximum atomic E-state index is 4.26. The van der Waals surface area contributed by atoms with Gasteiger partial charge in [-0.25, -0.2) is 4.98 Å². The van der Waals surface area contributed by atoms with Crippen molar-refractivity contribution < 1.29 is 0 Å². The van der Waals surface area contributed by atoms with Crippen LogP contribution >= 0.6 is 11.3 Å². The maximum Gasteiger partial charge on any atom is 0.0795 e. The van der Waals surface area contributed by atoms with Crippen molar-refractivity contribution in [2.75, 3.05) is 6.54 Å². The largest absolute Gasteiger partial charge is 0.361 e. The zero-order valence-electron chi connectivity index (χ0n) is 10.9. The van der Waals surface area contributed by atoms with Gasteiger partial charge in [-0.1, -0.05) is 12.1 Å². The van der Waals surface area contributed by atoms with E-state index >= 15 is 0 Å². The number of aromatic nitrogens is 2. The zero-order chi connectivity index (χ0) is 13.1. The van der Waals surface area contributed by atoms with E-state index in [4.69, 9.17) is 0 Å². The standard InChI is InChI=1S/C15H17N3S/c1-11-2-3-14-12(7-17-15(14)6-11)4-5-16-8-13-9-19-10-18-13/h2-3,6-7,9-10,16-17H,4-5,8H2,1H3. The van der Waals surface area contributed by atoms with Crippen LogP contribution in [-0.4, -0.2) is 16.5 Å². The van der Waals surface area contributed by atoms with Crippen LogP contribution in [0.5, 0.6) is 0 Å². The van der Waals surface area contributed by atoms with Crippen LogP contribution in [0.25, 0.3) is 10.9 Å². The fourth-order valence-electron chi connectivity index (χ4n) is 2.27. The van der Waals surface area contributed by atoms with E-state index < -0.39 is 0 Å². The summed E-state index contributed by atoms with van der Waals surface area (Å²) >= 11 is 1.64. The van der Waals surface area contributed by atoms with E-state index in [-0.39, 0.29) is 0 Å². The molecule has 4 heteroatoms. The number of thiazole rings is 1. The highest BCUT2D eigenvalue weighted by Gasteiger charge is 2.03. The van der Waals surface area contributed by atoms with Gasteiger partial charge in [0.15, 0.2) is 0 Å². The van der Waals surface area contributed by atoms with Gasteiger partial charge < -0.3 is 10.3 Å². The van der Waals surface area contributed by atoms with Gasteiger partial charge >= 0.3 is 0 Å². The topological polar surface area (TPSA) is 40.7 Å². The minimum atomic E-state index is 0.852. The molecule has 0 aliphatic heterocycles. The second-order valence-electron chi connectivity index (χ2n) is 4.77. The van der Waals surface area contributed by atoms with Gasteiger partial charge in [0.2, 0.25) is 0 Å². The Bertz CT molecular complexity index is 655. The summed E-state index contributed by atoms with van der Waals surface area (Å²) in [5.41, 5.74) is 6.90. The Morgan fingerprint density at radius 2 is 2.32 bits per heavy atom. The van der Waals surface area contributed by atoms with Crippen LogP contribution in [0.3, 0.4) is 0 Å². The molecule has 0 saturated heterocycles. The van der Waals surface area contributed by atoms with Crippen molar-refractivity contribution in [3.63, 3.8) is 0 Å². The van der Waals surface area contributed by atoms with Gasteiger partial charge in [0.25, 0.3) is 0 Å². The molecule has 2 aromatic heterocycles. The molecular weight excluding hydrogens is 254 g/mol. The first-order chi connectivity index (χ1) is 9.33. The second-order valence-corrected chi connectivity index (χ2v) is 5.49. The van der Waals surface area contributed by atoms with E-state index in [0.29, 0.717) is 0 Å². The number of hydrogen-bond acceptors (Lipinski definition) is 3. The smallest absolute Gasteiger partial charge is 0.0795 e. The molecule has 98 valence electrons. The molecule has 0 atom stereocenters. The van der Waals surface area contributed by atoms with Gasteiger partial charge in [-0.2, -0.15) is 0 Å². The number of nitrogens with one attached hydrogen (secondary N) is 2. The van der Waals surface area contributed by atoms with Crippen molar-refractivity contribution >= 4 is 22.2 Å². The molecule has 3 nitrogen and oxygen atoms in total. The summed E-state index contributed by atoms with van der Waals surface area (Å²) in [6.07, 6.45) is 3.15. The van der Waals surface area contributed by atoms with Crippen LogP contribution in [0.15, 0.2) is 35.3 Å². The summed E-state index contributed by atoms with van der Waals surface area (Å²) < 4.78 is 0. The summed E-state index contributed by atoms with van der Waals surface area (Å²) in [6.45, 7) is 3.94. The molecule has 0 saturated carbocycles. The number of nitrogens with zero attached hydrogens (tertiary/aromatic N) is 1. The predicted molar refractivity (Wildman–Crippen MR) is 80.6 cm³/mol. The van der Waals surface area contributed by atoms with Crippen LogP contribution in [-0.2, 0) is 13.0 Å². The maximum absolute atomic E-state index is 4.26. The molecule has 0 unspecified atom stereocenters. The van der Waals surface area contributed by atoms with E-state index in [9.17, 15) is 0 Å². The predicted octanol–water partition coefficient (Wildman–Crippen LogP) is 3.27. The number of benzene rings is 1. The monoisotopic (exact) mass is 271 g/mol. The Hall–Kier alpha value is -1.65. The Labute approximate surface area is 116 Å². The quantitative estimate of drug-likeness (QED) is 0.699. The van der Waals surface area contributed by atoms with Gasteiger partial charge in [-0.15, -0.1) is 11.3 Å². The van der Waals surface area contributed by atoms with E-state index in [2.05, 4.69) is 52.0 Å². The van der Waals surface area contributed by atoms with E-state index in [0.717, 1.165) is 25.2 Å². The third-order valence-electron chi connectivity index (χ3n) is 3.28. The normalized spacial score (nSPS) is 11.2. The fraction of sp³-hybridized carbons (Fsp3) is 0.267. The average Bonchev–Trinajstić information content (AvgIpc) is 3.03. The van der Waals surface area contributed by atoms with Crippen molar-refractivity contribution in [2.45, 2.75) is 19.9 Å². The van der Waals surface area contributed by atoms with Crippen LogP contribution < -0.4 is 5.32 Å². The molecule has 2 N–H and O–H groups in total. The van der Waals surface area contributed by atoms with Gasteiger partial charge in [0.1, 0.15) is 0 Å². The fourth-order valence-corrected chi connectivity index (χ4v) is 2.83. The average molecular weight is 271 g/mol. The lowest BCUT2D eigenvalue weighted by molar-refractivity contribution is 0.679. The molecule has 19 heavy (non-hydrogen) atoms. The highest BCUT2D eigenvalue weighted by Crippen LogP contribution is 2.19. The molecule has 0 radical (unpaired) electrons. The molecule has 0 bridgehead atoms. The minimum absolute atomic E-state index is 0.852. The van der Waals surface area contributed by atoms with Crippen LogP contribution in [0.4, 0.5) is 0 Å². The van der Waals surface area contributed by atoms with E-state index in [1.807, 2.05) is 5.51 Å². The van der Waals surface area contributed by atoms with Crippen molar-refractivity contribution in [1.82, 2.24) is 15.3 Å². The first-order valence-corrected chi connectivity index (χ1v) is 7.41. The highest BCUT2D eigenvalue weighted by atomic mass is 32.1. The van der Waals surface area contributed by atoms with Crippen molar-refractivity contribution in [2.24, 2.45) is 0 Å². The molecule has 2 heterocycles. The summed E-state index contributed by atoms with van der Waals surface area (Å²) in [7, 11) is 0. The Morgan fingerprint density at radius 3 is 3.16 bits per heavy atom. The summed E-state index contributed by atoms with van der Waals surface area (Å²) in [4.78, 5) is 7.61. The Morgan fingerprint density at radius 1 is 1.37 bits per heavy atom. The lowest BCUT2D eigenvalue weighted by atomic mass is 10.1. The number of fused-ring (bicyclic) bond motifs is 1. The highest BCUT2D eigenvalue weighted by molar-refractivity contribution is 7.07. The lowest BCUT2D eigenvalue weighted by Gasteiger charge is -2.02. The summed E-state index contributed by atoms with van der Waals surface area (Å²) in [6, 6.07) is 6.57. The van der Waals surface area contributed by atoms with Crippen LogP contribution in [0, 0.1) is 6.92 Å². The molecule has 0 amide bonds. The van der Waals surface area contributed by atoms with Gasteiger partial charge in [-0.05, 0) is 37.1 Å². The van der Waals surface area contributed by atoms with Gasteiger partial charge in [-0.3, -0.25) is 0 Å². The number of H-pyrrole nitrogens is 1. The third-order valence-corrected chi connectivity index (χ3v) is 3.92. The zero-order valence-corrected chi connectivity index (χ0v) is 11.8. The number of aromatic amines is 1. The van der Waals surface area contributed by atoms with Crippen molar-refractivity contribution in [3.8, 4) is 0 Å². The van der Waals surface area contributed by atoms with Crippen molar-refractivity contribution in [1.29, 1.82) is 0 Å². The number of rotatable bonds is 5. The molecule has 0 aliphatic rings. The van der Waals surface area contributed by atoms with Crippen molar-refractivity contribution in [3.05, 3.63) is 52.1 Å². The van der Waals surface area contributed by atoms with E-state index in [1.54, 1.807) is 11.3 Å². The molecule has 3 aromatic rings. The van der Waals surface area contributed by atoms with Gasteiger partial charge in [0, 0.05) is 29.0 Å². The molecule has 3 rings (SSSR count). The molecule has 0 spiro atoms. The van der Waals surface area contributed by atoms with E-state index in [1.165, 1.54) is 22.0 Å². The lowest BCUT2D eigenvalue weighted by Crippen LogP contribution is -2.16. The Kier molecular flexibility index (Phi) is 3.62. The second kappa shape index (κ2) is 5.55. The number of hydrogen-bond donors (Lipinski definition) is 2. The minimum Gasteiger partial charge on any atom is -0.361 e. The van der Waals surface area contributed by atoms with Gasteiger partial charge in [0.05, 0.1) is 11.2 Å². The molecule has 0 fully saturated rings. The number of aryl methyl sites for hydroxylation is 1. The molecule has 1 aromatic carbocycles. The molecular formula is C15H17N3S. The Balaban J connectivity index is 1.59. The van der Waals surface area contributed by atoms with Crippen LogP contribution in [0.1, 0.15) is 16.8 Å². The SMILES string of the molecule is Cc1ccc2c(CCNCc3cscn3)c[nH]c2c1.